The van der Waals surface area contributed by atoms with Crippen LogP contribution in [-0.4, -0.2) is 58.3 Å². The standard InChI is InChI=1S/C29H28IN5O4/c1-17(18-7-5-4-6-8-18)26(27-31-22-14-11-20(30)15-23(22)32-27)35-28(37)25(33-29(35)38)19-9-12-21(13-10-19)39-16-24(36)34(2)3/h4-15,17,25-26H,16H2,1-3H3,(H,31,32)(H,33,38)/t17-,25+,26?/m0/s1. The summed E-state index contributed by atoms with van der Waals surface area (Å²) >= 11 is 2.23. The molecule has 2 heterocycles. The number of nitrogens with zero attached hydrogens (tertiary/aromatic N) is 3. The van der Waals surface area contributed by atoms with Gasteiger partial charge in [-0.1, -0.05) is 49.4 Å². The molecule has 0 aliphatic carbocycles. The van der Waals surface area contributed by atoms with Crippen molar-refractivity contribution in [3.05, 3.63) is 93.3 Å². The van der Waals surface area contributed by atoms with Gasteiger partial charge in [0.1, 0.15) is 23.7 Å². The Labute approximate surface area is 239 Å². The van der Waals surface area contributed by atoms with Gasteiger partial charge in [0.05, 0.1) is 11.0 Å². The van der Waals surface area contributed by atoms with Crippen molar-refractivity contribution in [2.45, 2.75) is 24.9 Å². The first-order valence-electron chi connectivity index (χ1n) is 12.5. The molecular weight excluding hydrogens is 609 g/mol. The molecule has 3 aromatic carbocycles. The minimum Gasteiger partial charge on any atom is -0.484 e. The number of nitrogens with one attached hydrogen (secondary N) is 2. The van der Waals surface area contributed by atoms with Crippen LogP contribution >= 0.6 is 22.6 Å². The number of likely N-dealkylation sites (N-methyl/N-ethyl adjacent to an activating group) is 1. The van der Waals surface area contributed by atoms with E-state index in [0.717, 1.165) is 20.2 Å². The SMILES string of the molecule is C[C@@H](c1ccccc1)C(c1nc2cc(I)ccc2[nH]1)N1C(=O)N[C@H](c2ccc(OCC(=O)N(C)C)cc2)C1=O. The van der Waals surface area contributed by atoms with Gasteiger partial charge in [0.25, 0.3) is 11.8 Å². The molecule has 10 heteroatoms. The molecule has 200 valence electrons. The topological polar surface area (TPSA) is 108 Å². The highest BCUT2D eigenvalue weighted by Crippen LogP contribution is 2.39. The lowest BCUT2D eigenvalue weighted by Crippen LogP contribution is -2.38. The van der Waals surface area contributed by atoms with E-state index in [1.807, 2.05) is 55.5 Å². The maximum absolute atomic E-state index is 13.8. The lowest BCUT2D eigenvalue weighted by Gasteiger charge is -2.29. The number of aromatic nitrogens is 2. The number of hydrogen-bond acceptors (Lipinski definition) is 5. The smallest absolute Gasteiger partial charge is 0.325 e. The third-order valence-corrected chi connectivity index (χ3v) is 7.54. The Kier molecular flexibility index (Phi) is 7.56. The molecule has 5 rings (SSSR count). The Bertz CT molecular complexity index is 1520. The Morgan fingerprint density at radius 1 is 1.08 bits per heavy atom. The number of carbonyl (C=O) groups excluding carboxylic acids is 3. The van der Waals surface area contributed by atoms with Gasteiger partial charge in [0.15, 0.2) is 6.61 Å². The van der Waals surface area contributed by atoms with Gasteiger partial charge >= 0.3 is 6.03 Å². The van der Waals surface area contributed by atoms with E-state index < -0.39 is 18.1 Å². The molecule has 3 atom stereocenters. The van der Waals surface area contributed by atoms with Gasteiger partial charge in [-0.15, -0.1) is 0 Å². The summed E-state index contributed by atoms with van der Waals surface area (Å²) in [5.74, 6) is 0.285. The largest absolute Gasteiger partial charge is 0.484 e. The van der Waals surface area contributed by atoms with Crippen LogP contribution in [0.1, 0.15) is 41.9 Å². The molecule has 4 aromatic rings. The first kappa shape index (κ1) is 26.7. The minimum atomic E-state index is -0.856. The van der Waals surface area contributed by atoms with Crippen LogP contribution in [0, 0.1) is 3.57 Å². The first-order chi connectivity index (χ1) is 18.7. The van der Waals surface area contributed by atoms with Crippen molar-refractivity contribution in [1.82, 2.24) is 25.1 Å². The molecule has 0 spiro atoms. The quantitative estimate of drug-likeness (QED) is 0.214. The van der Waals surface area contributed by atoms with Gasteiger partial charge in [-0.25, -0.2) is 9.78 Å². The highest BCUT2D eigenvalue weighted by molar-refractivity contribution is 14.1. The van der Waals surface area contributed by atoms with Gasteiger partial charge in [0, 0.05) is 23.6 Å². The van der Waals surface area contributed by atoms with Gasteiger partial charge in [0.2, 0.25) is 0 Å². The minimum absolute atomic E-state index is 0.0885. The number of urea groups is 1. The van der Waals surface area contributed by atoms with Crippen molar-refractivity contribution in [1.29, 1.82) is 0 Å². The second kappa shape index (κ2) is 11.0. The van der Waals surface area contributed by atoms with E-state index >= 15 is 0 Å². The molecule has 0 saturated carbocycles. The van der Waals surface area contributed by atoms with Crippen molar-refractivity contribution in [3.63, 3.8) is 0 Å². The second-order valence-electron chi connectivity index (χ2n) is 9.66. The highest BCUT2D eigenvalue weighted by atomic mass is 127. The number of rotatable bonds is 8. The molecular formula is C29H28IN5O4. The van der Waals surface area contributed by atoms with Gasteiger partial charge in [-0.3, -0.25) is 14.5 Å². The van der Waals surface area contributed by atoms with Crippen LogP contribution in [0.5, 0.6) is 5.75 Å². The number of amides is 4. The van der Waals surface area contributed by atoms with Crippen LogP contribution in [0.25, 0.3) is 11.0 Å². The highest BCUT2D eigenvalue weighted by Gasteiger charge is 2.46. The molecule has 1 unspecified atom stereocenters. The van der Waals surface area contributed by atoms with Gasteiger partial charge in [-0.05, 0) is 64.0 Å². The molecule has 0 bridgehead atoms. The van der Waals surface area contributed by atoms with E-state index in [0.29, 0.717) is 17.1 Å². The van der Waals surface area contributed by atoms with E-state index in [-0.39, 0.29) is 24.3 Å². The van der Waals surface area contributed by atoms with E-state index in [2.05, 4.69) is 32.9 Å². The number of imide groups is 1. The zero-order chi connectivity index (χ0) is 27.7. The predicted octanol–water partition coefficient (Wildman–Crippen LogP) is 4.77. The summed E-state index contributed by atoms with van der Waals surface area (Å²) in [6.45, 7) is 1.90. The Balaban J connectivity index is 1.45. The summed E-state index contributed by atoms with van der Waals surface area (Å²) < 4.78 is 6.58. The lowest BCUT2D eigenvalue weighted by molar-refractivity contribution is -0.131. The Hall–Kier alpha value is -3.93. The van der Waals surface area contributed by atoms with Crippen molar-refractivity contribution in [3.8, 4) is 5.75 Å². The molecule has 1 fully saturated rings. The number of hydrogen-bond donors (Lipinski definition) is 2. The van der Waals surface area contributed by atoms with Crippen molar-refractivity contribution in [2.24, 2.45) is 0 Å². The zero-order valence-corrected chi connectivity index (χ0v) is 23.9. The Morgan fingerprint density at radius 3 is 2.49 bits per heavy atom. The number of carbonyl (C=O) groups is 3. The van der Waals surface area contributed by atoms with Crippen molar-refractivity contribution >= 4 is 51.5 Å². The van der Waals surface area contributed by atoms with Crippen molar-refractivity contribution in [2.75, 3.05) is 20.7 Å². The van der Waals surface area contributed by atoms with E-state index in [1.165, 1.54) is 9.80 Å². The normalized spacial score (nSPS) is 16.7. The third kappa shape index (κ3) is 5.47. The van der Waals surface area contributed by atoms with E-state index in [1.54, 1.807) is 38.4 Å². The molecule has 2 N–H and O–H groups in total. The number of ether oxygens (including phenoxy) is 1. The second-order valence-corrected chi connectivity index (χ2v) is 10.9. The van der Waals surface area contributed by atoms with E-state index in [9.17, 15) is 14.4 Å². The van der Waals surface area contributed by atoms with Crippen molar-refractivity contribution < 1.29 is 19.1 Å². The number of fused-ring (bicyclic) bond motifs is 1. The van der Waals surface area contributed by atoms with Crippen LogP contribution < -0.4 is 10.1 Å². The predicted molar refractivity (Wildman–Crippen MR) is 155 cm³/mol. The fraction of sp³-hybridized carbons (Fsp3) is 0.241. The zero-order valence-electron chi connectivity index (χ0n) is 21.7. The maximum Gasteiger partial charge on any atom is 0.325 e. The number of H-pyrrole nitrogens is 1. The number of benzene rings is 3. The van der Waals surface area contributed by atoms with Crippen LogP contribution in [0.15, 0.2) is 72.8 Å². The molecule has 1 saturated heterocycles. The summed E-state index contributed by atoms with van der Waals surface area (Å²) in [5, 5.41) is 2.85. The van der Waals surface area contributed by atoms with Crippen LogP contribution in [-0.2, 0) is 9.59 Å². The number of halogens is 1. The molecule has 39 heavy (non-hydrogen) atoms. The summed E-state index contributed by atoms with van der Waals surface area (Å²) in [6.07, 6.45) is 0. The average Bonchev–Trinajstić information content (AvgIpc) is 3.48. The molecule has 9 nitrogen and oxygen atoms in total. The molecule has 4 amide bonds. The molecule has 1 aliphatic heterocycles. The summed E-state index contributed by atoms with van der Waals surface area (Å²) in [5.41, 5.74) is 3.21. The fourth-order valence-corrected chi connectivity index (χ4v) is 5.15. The van der Waals surface area contributed by atoms with Crippen LogP contribution in [0.3, 0.4) is 0 Å². The fourth-order valence-electron chi connectivity index (χ4n) is 4.67. The van der Waals surface area contributed by atoms with E-state index in [4.69, 9.17) is 9.72 Å². The number of imidazole rings is 1. The summed E-state index contributed by atoms with van der Waals surface area (Å²) in [7, 11) is 3.32. The summed E-state index contributed by atoms with van der Waals surface area (Å²) in [4.78, 5) is 49.9. The van der Waals surface area contributed by atoms with Crippen LogP contribution in [0.2, 0.25) is 0 Å². The van der Waals surface area contributed by atoms with Crippen LogP contribution in [0.4, 0.5) is 4.79 Å². The summed E-state index contributed by atoms with van der Waals surface area (Å²) in [6, 6.07) is 20.5. The molecule has 1 aliphatic rings. The third-order valence-electron chi connectivity index (χ3n) is 6.87. The lowest BCUT2D eigenvalue weighted by atomic mass is 9.91. The van der Waals surface area contributed by atoms with Gasteiger partial charge in [-0.2, -0.15) is 0 Å². The average molecular weight is 637 g/mol. The molecule has 0 radical (unpaired) electrons. The monoisotopic (exact) mass is 637 g/mol. The first-order valence-corrected chi connectivity index (χ1v) is 13.6. The Morgan fingerprint density at radius 2 is 1.79 bits per heavy atom. The maximum atomic E-state index is 13.8. The number of aromatic amines is 1. The van der Waals surface area contributed by atoms with Gasteiger partial charge < -0.3 is 19.9 Å². The molecule has 1 aromatic heterocycles.